The van der Waals surface area contributed by atoms with Crippen LogP contribution >= 0.6 is 0 Å². The molecule has 0 bridgehead atoms. The molecule has 0 spiro atoms. The standard InChI is InChI=1S/C21H22N2O2/c24-20-9-4-14-23(20)17-12-10-16(11-13-17)21(25)22-19-8-3-6-15-5-1-2-7-18(15)19/h1-2,5,7,10-13,19H,3-4,6,8-9,14H2,(H,22,25)/t19-/m1/s1. The van der Waals surface area contributed by atoms with Crippen molar-refractivity contribution in [3.05, 3.63) is 65.2 Å². The number of carbonyl (C=O) groups is 2. The van der Waals surface area contributed by atoms with Gasteiger partial charge in [-0.2, -0.15) is 0 Å². The van der Waals surface area contributed by atoms with Crippen molar-refractivity contribution in [2.75, 3.05) is 11.4 Å². The van der Waals surface area contributed by atoms with E-state index in [1.807, 2.05) is 30.3 Å². The van der Waals surface area contributed by atoms with E-state index in [-0.39, 0.29) is 17.9 Å². The highest BCUT2D eigenvalue weighted by Gasteiger charge is 2.23. The predicted octanol–water partition coefficient (Wildman–Crippen LogP) is 3.62. The van der Waals surface area contributed by atoms with E-state index in [0.29, 0.717) is 12.0 Å². The van der Waals surface area contributed by atoms with Gasteiger partial charge in [-0.05, 0) is 61.1 Å². The first-order valence-corrected chi connectivity index (χ1v) is 9.01. The normalized spacial score (nSPS) is 19.6. The van der Waals surface area contributed by atoms with Crippen LogP contribution in [0.1, 0.15) is 53.2 Å². The summed E-state index contributed by atoms with van der Waals surface area (Å²) in [6.07, 6.45) is 4.67. The summed E-state index contributed by atoms with van der Waals surface area (Å²) in [6, 6.07) is 15.8. The van der Waals surface area contributed by atoms with Gasteiger partial charge in [0.15, 0.2) is 0 Å². The van der Waals surface area contributed by atoms with E-state index in [9.17, 15) is 9.59 Å². The van der Waals surface area contributed by atoms with E-state index in [0.717, 1.165) is 37.9 Å². The Balaban J connectivity index is 1.48. The van der Waals surface area contributed by atoms with Gasteiger partial charge < -0.3 is 10.2 Å². The summed E-state index contributed by atoms with van der Waals surface area (Å²) in [7, 11) is 0. The molecule has 2 aliphatic rings. The van der Waals surface area contributed by atoms with Crippen molar-refractivity contribution in [2.24, 2.45) is 0 Å². The van der Waals surface area contributed by atoms with Crippen molar-refractivity contribution in [2.45, 2.75) is 38.1 Å². The number of nitrogens with zero attached hydrogens (tertiary/aromatic N) is 1. The van der Waals surface area contributed by atoms with Crippen molar-refractivity contribution in [3.63, 3.8) is 0 Å². The molecule has 0 radical (unpaired) electrons. The Hall–Kier alpha value is -2.62. The van der Waals surface area contributed by atoms with Crippen molar-refractivity contribution >= 4 is 17.5 Å². The van der Waals surface area contributed by atoms with Crippen molar-refractivity contribution in [1.82, 2.24) is 5.32 Å². The van der Waals surface area contributed by atoms with Crippen LogP contribution in [0.2, 0.25) is 0 Å². The second-order valence-electron chi connectivity index (χ2n) is 6.81. The van der Waals surface area contributed by atoms with Gasteiger partial charge in [0.25, 0.3) is 5.91 Å². The van der Waals surface area contributed by atoms with Gasteiger partial charge in [-0.3, -0.25) is 9.59 Å². The average Bonchev–Trinajstić information content (AvgIpc) is 3.08. The van der Waals surface area contributed by atoms with E-state index in [1.165, 1.54) is 11.1 Å². The molecule has 25 heavy (non-hydrogen) atoms. The maximum absolute atomic E-state index is 12.6. The number of hydrogen-bond acceptors (Lipinski definition) is 2. The Labute approximate surface area is 147 Å². The summed E-state index contributed by atoms with van der Waals surface area (Å²) < 4.78 is 0. The Bertz CT molecular complexity index is 798. The first kappa shape index (κ1) is 15.9. The Morgan fingerprint density at radius 3 is 2.56 bits per heavy atom. The van der Waals surface area contributed by atoms with Crippen LogP contribution < -0.4 is 10.2 Å². The van der Waals surface area contributed by atoms with Crippen molar-refractivity contribution < 1.29 is 9.59 Å². The molecule has 1 aliphatic heterocycles. The largest absolute Gasteiger partial charge is 0.345 e. The van der Waals surface area contributed by atoms with Crippen LogP contribution in [0.25, 0.3) is 0 Å². The van der Waals surface area contributed by atoms with Crippen LogP contribution in [0.4, 0.5) is 5.69 Å². The molecule has 4 nitrogen and oxygen atoms in total. The van der Waals surface area contributed by atoms with Gasteiger partial charge in [0.2, 0.25) is 5.91 Å². The van der Waals surface area contributed by atoms with Crippen molar-refractivity contribution in [1.29, 1.82) is 0 Å². The van der Waals surface area contributed by atoms with Crippen molar-refractivity contribution in [3.8, 4) is 0 Å². The lowest BCUT2D eigenvalue weighted by Gasteiger charge is -2.26. The molecule has 1 N–H and O–H groups in total. The molecule has 1 heterocycles. The molecule has 1 saturated heterocycles. The molecule has 1 aliphatic carbocycles. The minimum Gasteiger partial charge on any atom is -0.345 e. The highest BCUT2D eigenvalue weighted by molar-refractivity contribution is 5.97. The summed E-state index contributed by atoms with van der Waals surface area (Å²) in [5.74, 6) is 0.108. The molecule has 4 heteroatoms. The van der Waals surface area contributed by atoms with Crippen LogP contribution in [0.3, 0.4) is 0 Å². The van der Waals surface area contributed by atoms with Gasteiger partial charge >= 0.3 is 0 Å². The summed E-state index contributed by atoms with van der Waals surface area (Å²) in [4.78, 5) is 26.2. The maximum atomic E-state index is 12.6. The number of rotatable bonds is 3. The fourth-order valence-corrected chi connectivity index (χ4v) is 3.86. The van der Waals surface area contributed by atoms with E-state index < -0.39 is 0 Å². The maximum Gasteiger partial charge on any atom is 0.251 e. The molecule has 1 fully saturated rings. The molecule has 2 aromatic carbocycles. The zero-order chi connectivity index (χ0) is 17.2. The third kappa shape index (κ3) is 3.16. The molecule has 4 rings (SSSR count). The highest BCUT2D eigenvalue weighted by Crippen LogP contribution is 2.30. The summed E-state index contributed by atoms with van der Waals surface area (Å²) >= 11 is 0. The number of amides is 2. The Kier molecular flexibility index (Phi) is 4.26. The molecule has 128 valence electrons. The zero-order valence-electron chi connectivity index (χ0n) is 14.2. The fourth-order valence-electron chi connectivity index (χ4n) is 3.86. The summed E-state index contributed by atoms with van der Waals surface area (Å²) in [5.41, 5.74) is 4.09. The number of aryl methyl sites for hydroxylation is 1. The quantitative estimate of drug-likeness (QED) is 0.932. The van der Waals surface area contributed by atoms with Crippen LogP contribution in [0.15, 0.2) is 48.5 Å². The van der Waals surface area contributed by atoms with E-state index >= 15 is 0 Å². The predicted molar refractivity (Wildman–Crippen MR) is 97.6 cm³/mol. The fraction of sp³-hybridized carbons (Fsp3) is 0.333. The number of benzene rings is 2. The number of anilines is 1. The second-order valence-corrected chi connectivity index (χ2v) is 6.81. The highest BCUT2D eigenvalue weighted by atomic mass is 16.2. The van der Waals surface area contributed by atoms with Gasteiger partial charge in [-0.15, -0.1) is 0 Å². The van der Waals surface area contributed by atoms with E-state index in [1.54, 1.807) is 4.90 Å². The molecule has 0 aromatic heterocycles. The van der Waals surface area contributed by atoms with E-state index in [4.69, 9.17) is 0 Å². The van der Waals surface area contributed by atoms with Gasteiger partial charge in [0.1, 0.15) is 0 Å². The summed E-state index contributed by atoms with van der Waals surface area (Å²) in [5, 5.41) is 3.17. The van der Waals surface area contributed by atoms with Gasteiger partial charge in [-0.1, -0.05) is 24.3 Å². The average molecular weight is 334 g/mol. The molecule has 2 amide bonds. The second kappa shape index (κ2) is 6.71. The van der Waals surface area contributed by atoms with Gasteiger partial charge in [0.05, 0.1) is 6.04 Å². The third-order valence-electron chi connectivity index (χ3n) is 5.19. The number of fused-ring (bicyclic) bond motifs is 1. The first-order chi connectivity index (χ1) is 12.2. The number of carbonyl (C=O) groups excluding carboxylic acids is 2. The molecule has 2 aromatic rings. The molecule has 1 atom stereocenters. The lowest BCUT2D eigenvalue weighted by atomic mass is 9.87. The zero-order valence-corrected chi connectivity index (χ0v) is 14.2. The van der Waals surface area contributed by atoms with Crippen LogP contribution in [0, 0.1) is 0 Å². The van der Waals surface area contributed by atoms with Gasteiger partial charge in [-0.25, -0.2) is 0 Å². The third-order valence-corrected chi connectivity index (χ3v) is 5.19. The SMILES string of the molecule is O=C(N[C@@H]1CCCc2ccccc21)c1ccc(N2CCCC2=O)cc1. The van der Waals surface area contributed by atoms with Crippen LogP contribution in [-0.2, 0) is 11.2 Å². The molecule has 0 saturated carbocycles. The van der Waals surface area contributed by atoms with Gasteiger partial charge in [0, 0.05) is 24.2 Å². The number of nitrogens with one attached hydrogen (secondary N) is 1. The van der Waals surface area contributed by atoms with Crippen LogP contribution in [-0.4, -0.2) is 18.4 Å². The molecular formula is C21H22N2O2. The first-order valence-electron chi connectivity index (χ1n) is 9.01. The Morgan fingerprint density at radius 1 is 1.00 bits per heavy atom. The topological polar surface area (TPSA) is 49.4 Å². The molecule has 0 unspecified atom stereocenters. The Morgan fingerprint density at radius 2 is 1.80 bits per heavy atom. The minimum absolute atomic E-state index is 0.0546. The minimum atomic E-state index is -0.0546. The number of hydrogen-bond donors (Lipinski definition) is 1. The smallest absolute Gasteiger partial charge is 0.251 e. The summed E-state index contributed by atoms with van der Waals surface area (Å²) in [6.45, 7) is 0.767. The van der Waals surface area contributed by atoms with Crippen LogP contribution in [0.5, 0.6) is 0 Å². The van der Waals surface area contributed by atoms with E-state index in [2.05, 4.69) is 23.5 Å². The lowest BCUT2D eigenvalue weighted by molar-refractivity contribution is -0.117. The lowest BCUT2D eigenvalue weighted by Crippen LogP contribution is -2.31. The monoisotopic (exact) mass is 334 g/mol. The molecular weight excluding hydrogens is 312 g/mol.